The molecule has 0 aliphatic rings. The van der Waals surface area contributed by atoms with Crippen LogP contribution in [0.2, 0.25) is 0 Å². The predicted octanol–water partition coefficient (Wildman–Crippen LogP) is -0.930. The lowest BCUT2D eigenvalue weighted by atomic mass is 10.3. The molecule has 3 N–H and O–H groups in total. The third-order valence-electron chi connectivity index (χ3n) is 2.44. The van der Waals surface area contributed by atoms with Crippen molar-refractivity contribution in [2.75, 3.05) is 32.1 Å². The first-order valence-electron chi connectivity index (χ1n) is 5.58. The summed E-state index contributed by atoms with van der Waals surface area (Å²) in [4.78, 5) is 19.3. The Morgan fingerprint density at radius 3 is 2.63 bits per heavy atom. The Morgan fingerprint density at radius 1 is 1.42 bits per heavy atom. The Labute approximate surface area is 112 Å². The largest absolute Gasteiger partial charge is 0.382 e. The van der Waals surface area contributed by atoms with Gasteiger partial charge in [-0.3, -0.25) is 4.79 Å². The van der Waals surface area contributed by atoms with E-state index >= 15 is 0 Å². The summed E-state index contributed by atoms with van der Waals surface area (Å²) in [5, 5.41) is 2.60. The fraction of sp³-hybridized carbons (Fsp3) is 0.500. The van der Waals surface area contributed by atoms with Crippen molar-refractivity contribution in [2.45, 2.75) is 6.42 Å². The van der Waals surface area contributed by atoms with E-state index < -0.39 is 15.9 Å². The van der Waals surface area contributed by atoms with Gasteiger partial charge in [0.25, 0.3) is 5.91 Å². The van der Waals surface area contributed by atoms with E-state index in [1.54, 1.807) is 0 Å². The van der Waals surface area contributed by atoms with Crippen LogP contribution in [0.1, 0.15) is 16.9 Å². The van der Waals surface area contributed by atoms with E-state index in [2.05, 4.69) is 15.3 Å². The quantitative estimate of drug-likeness (QED) is 0.653. The Bertz CT molecular complexity index is 546. The van der Waals surface area contributed by atoms with Crippen molar-refractivity contribution < 1.29 is 13.2 Å². The first-order valence-corrected chi connectivity index (χ1v) is 7.43. The van der Waals surface area contributed by atoms with Crippen molar-refractivity contribution in [3.05, 3.63) is 18.1 Å². The second-order valence-electron chi connectivity index (χ2n) is 3.98. The summed E-state index contributed by atoms with van der Waals surface area (Å²) in [5.41, 5.74) is 5.58. The molecule has 9 heteroatoms. The molecule has 0 unspecified atom stereocenters. The zero-order valence-corrected chi connectivity index (χ0v) is 11.6. The van der Waals surface area contributed by atoms with Gasteiger partial charge >= 0.3 is 0 Å². The van der Waals surface area contributed by atoms with Crippen LogP contribution in [-0.2, 0) is 10.0 Å². The number of hydrogen-bond acceptors (Lipinski definition) is 6. The number of anilines is 1. The highest BCUT2D eigenvalue weighted by atomic mass is 32.2. The molecule has 106 valence electrons. The summed E-state index contributed by atoms with van der Waals surface area (Å²) in [5.74, 6) is -0.360. The van der Waals surface area contributed by atoms with Crippen molar-refractivity contribution >= 4 is 21.7 Å². The molecule has 0 aromatic carbocycles. The molecule has 0 saturated heterocycles. The van der Waals surface area contributed by atoms with Gasteiger partial charge in [-0.15, -0.1) is 0 Å². The van der Waals surface area contributed by atoms with Crippen molar-refractivity contribution in [1.29, 1.82) is 0 Å². The van der Waals surface area contributed by atoms with E-state index in [4.69, 9.17) is 5.73 Å². The maximum atomic E-state index is 11.7. The zero-order valence-electron chi connectivity index (χ0n) is 10.8. The topological polar surface area (TPSA) is 118 Å². The van der Waals surface area contributed by atoms with Crippen LogP contribution in [0.5, 0.6) is 0 Å². The molecule has 19 heavy (non-hydrogen) atoms. The molecule has 0 spiro atoms. The van der Waals surface area contributed by atoms with Gasteiger partial charge in [0.2, 0.25) is 10.0 Å². The molecule has 0 saturated carbocycles. The summed E-state index contributed by atoms with van der Waals surface area (Å²) in [6.07, 6.45) is 4.40. The lowest BCUT2D eigenvalue weighted by Crippen LogP contribution is -2.31. The Balaban J connectivity index is 2.39. The van der Waals surface area contributed by atoms with Crippen molar-refractivity contribution in [3.8, 4) is 0 Å². The van der Waals surface area contributed by atoms with Crippen LogP contribution < -0.4 is 11.1 Å². The lowest BCUT2D eigenvalue weighted by Gasteiger charge is -2.13. The number of amides is 1. The number of aromatic nitrogens is 2. The minimum absolute atomic E-state index is 0.0632. The second kappa shape index (κ2) is 6.43. The minimum atomic E-state index is -3.18. The zero-order chi connectivity index (χ0) is 14.5. The third-order valence-corrected chi connectivity index (χ3v) is 3.76. The summed E-state index contributed by atoms with van der Waals surface area (Å²) < 4.78 is 23.5. The molecule has 8 nitrogen and oxygen atoms in total. The van der Waals surface area contributed by atoms with Crippen molar-refractivity contribution in [1.82, 2.24) is 19.6 Å². The number of nitrogens with zero attached hydrogens (tertiary/aromatic N) is 3. The van der Waals surface area contributed by atoms with E-state index in [0.717, 1.165) is 6.26 Å². The molecule has 0 radical (unpaired) electrons. The standard InChI is InChI=1S/C10H17N5O3S/c1-15(19(2,17)18)7-3-4-14-10(16)8-9(11)13-6-5-12-8/h5-6H,3-4,7H2,1-2H3,(H2,11,13)(H,14,16). The molecule has 0 bridgehead atoms. The Morgan fingerprint density at radius 2 is 2.05 bits per heavy atom. The number of nitrogen functional groups attached to an aromatic ring is 1. The van der Waals surface area contributed by atoms with Gasteiger partial charge in [-0.25, -0.2) is 22.7 Å². The van der Waals surface area contributed by atoms with Crippen LogP contribution in [0.3, 0.4) is 0 Å². The summed E-state index contributed by atoms with van der Waals surface area (Å²) >= 11 is 0. The molecular formula is C10H17N5O3S. The molecule has 0 fully saturated rings. The fourth-order valence-corrected chi connectivity index (χ4v) is 1.74. The highest BCUT2D eigenvalue weighted by Gasteiger charge is 2.12. The number of carbonyl (C=O) groups excluding carboxylic acids is 1. The van der Waals surface area contributed by atoms with Gasteiger partial charge in [-0.05, 0) is 6.42 Å². The SMILES string of the molecule is CN(CCCNC(=O)c1nccnc1N)S(C)(=O)=O. The maximum absolute atomic E-state index is 11.7. The van der Waals surface area contributed by atoms with E-state index in [1.807, 2.05) is 0 Å². The van der Waals surface area contributed by atoms with Gasteiger partial charge < -0.3 is 11.1 Å². The van der Waals surface area contributed by atoms with E-state index in [-0.39, 0.29) is 11.5 Å². The van der Waals surface area contributed by atoms with Gasteiger partial charge in [0.15, 0.2) is 11.5 Å². The average Bonchev–Trinajstić information content (AvgIpc) is 2.33. The predicted molar refractivity (Wildman–Crippen MR) is 70.9 cm³/mol. The minimum Gasteiger partial charge on any atom is -0.382 e. The summed E-state index contributed by atoms with van der Waals surface area (Å²) in [6, 6.07) is 0. The summed E-state index contributed by atoms with van der Waals surface area (Å²) in [7, 11) is -1.70. The van der Waals surface area contributed by atoms with Crippen LogP contribution in [0.25, 0.3) is 0 Å². The van der Waals surface area contributed by atoms with Crippen LogP contribution in [-0.4, -0.2) is 55.0 Å². The van der Waals surface area contributed by atoms with E-state index in [9.17, 15) is 13.2 Å². The monoisotopic (exact) mass is 287 g/mol. The Kier molecular flexibility index (Phi) is 5.19. The number of sulfonamides is 1. The second-order valence-corrected chi connectivity index (χ2v) is 6.07. The number of carbonyl (C=O) groups is 1. The molecular weight excluding hydrogens is 270 g/mol. The van der Waals surface area contributed by atoms with Crippen LogP contribution in [0, 0.1) is 0 Å². The molecule has 0 atom stereocenters. The van der Waals surface area contributed by atoms with Gasteiger partial charge in [0.05, 0.1) is 6.26 Å². The first kappa shape index (κ1) is 15.3. The number of nitrogens with two attached hydrogens (primary N) is 1. The molecule has 1 aromatic rings. The van der Waals surface area contributed by atoms with Crippen LogP contribution in [0.15, 0.2) is 12.4 Å². The molecule has 1 rings (SSSR count). The highest BCUT2D eigenvalue weighted by Crippen LogP contribution is 2.02. The van der Waals surface area contributed by atoms with E-state index in [1.165, 1.54) is 23.7 Å². The van der Waals surface area contributed by atoms with Gasteiger partial charge in [-0.1, -0.05) is 0 Å². The number of nitrogens with one attached hydrogen (secondary N) is 1. The molecule has 1 aromatic heterocycles. The fourth-order valence-electron chi connectivity index (χ4n) is 1.28. The normalized spacial score (nSPS) is 11.5. The third kappa shape index (κ3) is 4.79. The van der Waals surface area contributed by atoms with Crippen molar-refractivity contribution in [2.24, 2.45) is 0 Å². The van der Waals surface area contributed by atoms with Crippen LogP contribution in [0.4, 0.5) is 5.82 Å². The molecule has 1 heterocycles. The Hall–Kier alpha value is -1.74. The molecule has 0 aliphatic carbocycles. The lowest BCUT2D eigenvalue weighted by molar-refractivity contribution is 0.0948. The van der Waals surface area contributed by atoms with Gasteiger partial charge in [0, 0.05) is 32.5 Å². The smallest absolute Gasteiger partial charge is 0.273 e. The summed E-state index contributed by atoms with van der Waals surface area (Å²) in [6.45, 7) is 0.657. The highest BCUT2D eigenvalue weighted by molar-refractivity contribution is 7.88. The maximum Gasteiger partial charge on any atom is 0.273 e. The van der Waals surface area contributed by atoms with Crippen molar-refractivity contribution in [3.63, 3.8) is 0 Å². The van der Waals surface area contributed by atoms with Gasteiger partial charge in [-0.2, -0.15) is 0 Å². The number of rotatable bonds is 6. The number of hydrogen-bond donors (Lipinski definition) is 2. The molecule has 0 aliphatic heterocycles. The molecule has 1 amide bonds. The van der Waals surface area contributed by atoms with Crippen LogP contribution >= 0.6 is 0 Å². The first-order chi connectivity index (χ1) is 8.82. The average molecular weight is 287 g/mol. The van der Waals surface area contributed by atoms with E-state index in [0.29, 0.717) is 19.5 Å². The van der Waals surface area contributed by atoms with Gasteiger partial charge in [0.1, 0.15) is 0 Å².